The molecule has 3 rings (SSSR count). The minimum absolute atomic E-state index is 0.0437. The molecule has 0 radical (unpaired) electrons. The van der Waals surface area contributed by atoms with Gasteiger partial charge in [-0.1, -0.05) is 18.2 Å². The monoisotopic (exact) mass is 271 g/mol. The van der Waals surface area contributed by atoms with Gasteiger partial charge in [0.1, 0.15) is 11.9 Å². The summed E-state index contributed by atoms with van der Waals surface area (Å²) in [5.41, 5.74) is 1.71. The standard InChI is InChI=1S/C15H17N3O2/c1-11-9-16-14(17-11)13-10-18(7-8-20-13)15(19)12-5-3-2-4-6-12/h2-6,9,13H,7-8,10H2,1H3,(H,16,17). The Hall–Kier alpha value is -2.14. The molecule has 1 amide bonds. The number of amides is 1. The molecule has 0 aliphatic carbocycles. The van der Waals surface area contributed by atoms with Gasteiger partial charge in [0.05, 0.1) is 13.2 Å². The predicted molar refractivity (Wildman–Crippen MR) is 74.4 cm³/mol. The third kappa shape index (κ3) is 2.58. The van der Waals surface area contributed by atoms with Gasteiger partial charge in [0, 0.05) is 24.0 Å². The molecule has 1 aromatic heterocycles. The lowest BCUT2D eigenvalue weighted by atomic mass is 10.1. The van der Waals surface area contributed by atoms with Crippen molar-refractivity contribution >= 4 is 5.91 Å². The van der Waals surface area contributed by atoms with Crippen molar-refractivity contribution in [2.24, 2.45) is 0 Å². The highest BCUT2D eigenvalue weighted by molar-refractivity contribution is 5.94. The first-order valence-electron chi connectivity index (χ1n) is 6.71. The van der Waals surface area contributed by atoms with Gasteiger partial charge in [0.2, 0.25) is 0 Å². The molecule has 20 heavy (non-hydrogen) atoms. The Morgan fingerprint density at radius 2 is 2.20 bits per heavy atom. The summed E-state index contributed by atoms with van der Waals surface area (Å²) in [5.74, 6) is 0.829. The highest BCUT2D eigenvalue weighted by Gasteiger charge is 2.27. The van der Waals surface area contributed by atoms with Crippen molar-refractivity contribution in [2.75, 3.05) is 19.7 Å². The Morgan fingerprint density at radius 1 is 1.40 bits per heavy atom. The first-order valence-corrected chi connectivity index (χ1v) is 6.71. The summed E-state index contributed by atoms with van der Waals surface area (Å²) in [7, 11) is 0. The van der Waals surface area contributed by atoms with Crippen LogP contribution in [0.5, 0.6) is 0 Å². The SMILES string of the molecule is Cc1cnc(C2CN(C(=O)c3ccccc3)CCO2)[nH]1. The first-order chi connectivity index (χ1) is 9.74. The van der Waals surface area contributed by atoms with Crippen LogP contribution < -0.4 is 0 Å². The Balaban J connectivity index is 1.74. The second-order valence-electron chi connectivity index (χ2n) is 4.93. The molecule has 2 heterocycles. The average molecular weight is 271 g/mol. The summed E-state index contributed by atoms with van der Waals surface area (Å²) in [6.45, 7) is 3.62. The third-order valence-corrected chi connectivity index (χ3v) is 3.40. The van der Waals surface area contributed by atoms with E-state index in [1.807, 2.05) is 42.2 Å². The molecule has 5 heteroatoms. The molecule has 2 aromatic rings. The Morgan fingerprint density at radius 3 is 2.90 bits per heavy atom. The molecule has 1 unspecified atom stereocenters. The number of H-pyrrole nitrogens is 1. The molecule has 0 saturated carbocycles. The number of carbonyl (C=O) groups excluding carboxylic acids is 1. The maximum Gasteiger partial charge on any atom is 0.254 e. The van der Waals surface area contributed by atoms with E-state index in [0.717, 1.165) is 11.5 Å². The molecule has 0 spiro atoms. The van der Waals surface area contributed by atoms with Crippen molar-refractivity contribution in [3.8, 4) is 0 Å². The van der Waals surface area contributed by atoms with Gasteiger partial charge >= 0.3 is 0 Å². The Bertz CT molecular complexity index is 594. The van der Waals surface area contributed by atoms with E-state index in [1.165, 1.54) is 0 Å². The van der Waals surface area contributed by atoms with Crippen molar-refractivity contribution in [1.29, 1.82) is 0 Å². The quantitative estimate of drug-likeness (QED) is 0.908. The van der Waals surface area contributed by atoms with Crippen molar-refractivity contribution in [2.45, 2.75) is 13.0 Å². The fraction of sp³-hybridized carbons (Fsp3) is 0.333. The topological polar surface area (TPSA) is 58.2 Å². The van der Waals surface area contributed by atoms with Crippen LogP contribution in [-0.2, 0) is 4.74 Å². The molecule has 104 valence electrons. The van der Waals surface area contributed by atoms with Crippen LogP contribution in [0.3, 0.4) is 0 Å². The van der Waals surface area contributed by atoms with Gasteiger partial charge in [-0.3, -0.25) is 4.79 Å². The number of morpholine rings is 1. The predicted octanol–water partition coefficient (Wildman–Crippen LogP) is 1.93. The number of aromatic amines is 1. The van der Waals surface area contributed by atoms with E-state index < -0.39 is 0 Å². The van der Waals surface area contributed by atoms with Crippen LogP contribution in [0.1, 0.15) is 28.0 Å². The molecule has 5 nitrogen and oxygen atoms in total. The smallest absolute Gasteiger partial charge is 0.254 e. The van der Waals surface area contributed by atoms with Crippen molar-refractivity contribution in [1.82, 2.24) is 14.9 Å². The molecule has 1 N–H and O–H groups in total. The van der Waals surface area contributed by atoms with Crippen molar-refractivity contribution in [3.05, 3.63) is 53.6 Å². The normalized spacial score (nSPS) is 19.1. The average Bonchev–Trinajstić information content (AvgIpc) is 2.94. The number of hydrogen-bond donors (Lipinski definition) is 1. The molecule has 1 aliphatic heterocycles. The maximum absolute atomic E-state index is 12.4. The van der Waals surface area contributed by atoms with E-state index in [0.29, 0.717) is 25.3 Å². The molecule has 0 bridgehead atoms. The van der Waals surface area contributed by atoms with Gasteiger partial charge in [-0.05, 0) is 19.1 Å². The van der Waals surface area contributed by atoms with E-state index in [4.69, 9.17) is 4.74 Å². The zero-order chi connectivity index (χ0) is 13.9. The van der Waals surface area contributed by atoms with E-state index in [-0.39, 0.29) is 12.0 Å². The van der Waals surface area contributed by atoms with Gasteiger partial charge in [0.15, 0.2) is 0 Å². The molecule has 1 aromatic carbocycles. The van der Waals surface area contributed by atoms with Gasteiger partial charge in [-0.2, -0.15) is 0 Å². The van der Waals surface area contributed by atoms with Crippen LogP contribution in [0.15, 0.2) is 36.5 Å². The van der Waals surface area contributed by atoms with Gasteiger partial charge in [-0.15, -0.1) is 0 Å². The number of aromatic nitrogens is 2. The first kappa shape index (κ1) is 12.9. The number of nitrogens with zero attached hydrogens (tertiary/aromatic N) is 2. The summed E-state index contributed by atoms with van der Waals surface area (Å²) in [6, 6.07) is 9.33. The van der Waals surface area contributed by atoms with Crippen molar-refractivity contribution < 1.29 is 9.53 Å². The Labute approximate surface area is 117 Å². The van der Waals surface area contributed by atoms with Gasteiger partial charge in [-0.25, -0.2) is 4.98 Å². The molecular formula is C15H17N3O2. The zero-order valence-electron chi connectivity index (χ0n) is 11.4. The van der Waals surface area contributed by atoms with E-state index in [9.17, 15) is 4.79 Å². The second-order valence-corrected chi connectivity index (χ2v) is 4.93. The molecule has 1 fully saturated rings. The number of nitrogens with one attached hydrogen (secondary N) is 1. The van der Waals surface area contributed by atoms with Crippen LogP contribution in [0.4, 0.5) is 0 Å². The van der Waals surface area contributed by atoms with Gasteiger partial charge in [0.25, 0.3) is 5.91 Å². The number of ether oxygens (including phenoxy) is 1. The number of benzene rings is 1. The summed E-state index contributed by atoms with van der Waals surface area (Å²) in [4.78, 5) is 21.7. The summed E-state index contributed by atoms with van der Waals surface area (Å²) in [5, 5.41) is 0. The molecule has 1 aliphatic rings. The molecule has 1 atom stereocenters. The number of carbonyl (C=O) groups is 1. The van der Waals surface area contributed by atoms with Gasteiger partial charge < -0.3 is 14.6 Å². The van der Waals surface area contributed by atoms with Crippen LogP contribution in [0.25, 0.3) is 0 Å². The highest BCUT2D eigenvalue weighted by atomic mass is 16.5. The summed E-state index contributed by atoms with van der Waals surface area (Å²) < 4.78 is 5.71. The maximum atomic E-state index is 12.4. The minimum atomic E-state index is -0.176. The van der Waals surface area contributed by atoms with E-state index in [2.05, 4.69) is 9.97 Å². The van der Waals surface area contributed by atoms with Crippen LogP contribution >= 0.6 is 0 Å². The van der Waals surface area contributed by atoms with Crippen molar-refractivity contribution in [3.63, 3.8) is 0 Å². The minimum Gasteiger partial charge on any atom is -0.367 e. The number of hydrogen-bond acceptors (Lipinski definition) is 3. The number of imidazole rings is 1. The lowest BCUT2D eigenvalue weighted by Crippen LogP contribution is -2.42. The van der Waals surface area contributed by atoms with E-state index >= 15 is 0 Å². The van der Waals surface area contributed by atoms with Crippen LogP contribution in [0.2, 0.25) is 0 Å². The second kappa shape index (κ2) is 5.46. The fourth-order valence-corrected chi connectivity index (χ4v) is 2.36. The summed E-state index contributed by atoms with van der Waals surface area (Å²) >= 11 is 0. The third-order valence-electron chi connectivity index (χ3n) is 3.40. The zero-order valence-corrected chi connectivity index (χ0v) is 11.4. The lowest BCUT2D eigenvalue weighted by molar-refractivity contribution is -0.0264. The summed E-state index contributed by atoms with van der Waals surface area (Å²) in [6.07, 6.45) is 1.60. The largest absolute Gasteiger partial charge is 0.367 e. The number of aryl methyl sites for hydroxylation is 1. The fourth-order valence-electron chi connectivity index (χ4n) is 2.36. The van der Waals surface area contributed by atoms with Crippen LogP contribution in [0, 0.1) is 6.92 Å². The lowest BCUT2D eigenvalue weighted by Gasteiger charge is -2.32. The highest BCUT2D eigenvalue weighted by Crippen LogP contribution is 2.21. The molecule has 1 saturated heterocycles. The molecular weight excluding hydrogens is 254 g/mol. The number of rotatable bonds is 2. The Kier molecular flexibility index (Phi) is 3.52. The van der Waals surface area contributed by atoms with E-state index in [1.54, 1.807) is 6.20 Å². The van der Waals surface area contributed by atoms with Crippen LogP contribution in [-0.4, -0.2) is 40.5 Å².